The fourth-order valence-corrected chi connectivity index (χ4v) is 2.95. The molecule has 0 radical (unpaired) electrons. The summed E-state index contributed by atoms with van der Waals surface area (Å²) in [7, 11) is 0. The molecule has 2 aliphatic rings. The maximum Gasteiger partial charge on any atom is 0.0632 e. The van der Waals surface area contributed by atoms with Crippen molar-refractivity contribution in [2.75, 3.05) is 0 Å². The van der Waals surface area contributed by atoms with Crippen LogP contribution in [0.1, 0.15) is 29.9 Å². The zero-order valence-corrected chi connectivity index (χ0v) is 9.15. The lowest BCUT2D eigenvalue weighted by Gasteiger charge is -2.10. The lowest BCUT2D eigenvalue weighted by Crippen LogP contribution is -1.97. The highest BCUT2D eigenvalue weighted by Crippen LogP contribution is 2.55. The molecule has 2 heteroatoms. The maximum absolute atomic E-state index is 6.28. The summed E-state index contributed by atoms with van der Waals surface area (Å²) in [5, 5.41) is 1.62. The molecule has 1 aromatic rings. The Hall–Kier alpha value is -0.460. The second kappa shape index (κ2) is 3.01. The van der Waals surface area contributed by atoms with Gasteiger partial charge in [0.05, 0.1) is 5.03 Å². The Morgan fingerprint density at radius 3 is 2.50 bits per heavy atom. The van der Waals surface area contributed by atoms with Gasteiger partial charge in [-0.1, -0.05) is 47.5 Å². The topological polar surface area (TPSA) is 0 Å². The molecule has 0 saturated heterocycles. The smallest absolute Gasteiger partial charge is 0.0632 e. The van der Waals surface area contributed by atoms with Gasteiger partial charge in [0.15, 0.2) is 0 Å². The first-order valence-electron chi connectivity index (χ1n) is 4.93. The molecule has 1 atom stereocenters. The van der Waals surface area contributed by atoms with Gasteiger partial charge in [0.1, 0.15) is 0 Å². The molecule has 14 heavy (non-hydrogen) atoms. The van der Waals surface area contributed by atoms with Crippen molar-refractivity contribution in [3.05, 3.63) is 40.4 Å². The summed E-state index contributed by atoms with van der Waals surface area (Å²) in [5.74, 6) is 1.13. The van der Waals surface area contributed by atoms with Gasteiger partial charge in [0.25, 0.3) is 0 Å². The fraction of sp³-hybridized carbons (Fsp3) is 0.333. The Morgan fingerprint density at radius 2 is 1.79 bits per heavy atom. The molecule has 0 aromatic heterocycles. The highest BCUT2D eigenvalue weighted by atomic mass is 35.5. The van der Waals surface area contributed by atoms with E-state index in [0.29, 0.717) is 5.92 Å². The molecule has 0 heterocycles. The SMILES string of the molecule is ClC1=C(Cl)C(C2CC2)c2ccccc21. The van der Waals surface area contributed by atoms with Crippen molar-refractivity contribution in [3.8, 4) is 0 Å². The maximum atomic E-state index is 6.28. The van der Waals surface area contributed by atoms with Gasteiger partial charge in [-0.05, 0) is 29.9 Å². The Balaban J connectivity index is 2.16. The minimum Gasteiger partial charge on any atom is -0.0868 e. The van der Waals surface area contributed by atoms with Crippen molar-refractivity contribution in [2.24, 2.45) is 5.92 Å². The zero-order chi connectivity index (χ0) is 9.71. The molecule has 1 fully saturated rings. The Bertz CT molecular complexity index is 416. The first-order valence-corrected chi connectivity index (χ1v) is 5.69. The number of hydrogen-bond donors (Lipinski definition) is 0. The Morgan fingerprint density at radius 1 is 1.07 bits per heavy atom. The van der Waals surface area contributed by atoms with E-state index in [4.69, 9.17) is 23.2 Å². The molecule has 1 saturated carbocycles. The number of rotatable bonds is 1. The summed E-state index contributed by atoms with van der Waals surface area (Å²) in [6.45, 7) is 0. The van der Waals surface area contributed by atoms with E-state index in [1.807, 2.05) is 6.07 Å². The molecule has 0 nitrogen and oxygen atoms in total. The quantitative estimate of drug-likeness (QED) is 0.666. The molecule has 1 aromatic carbocycles. The molecule has 0 spiro atoms. The molecule has 0 N–H and O–H groups in total. The highest BCUT2D eigenvalue weighted by Gasteiger charge is 2.40. The van der Waals surface area contributed by atoms with Crippen LogP contribution in [0.25, 0.3) is 5.03 Å². The van der Waals surface area contributed by atoms with Crippen molar-refractivity contribution in [2.45, 2.75) is 18.8 Å². The number of halogens is 2. The number of allylic oxidation sites excluding steroid dienone is 1. The third-order valence-electron chi connectivity index (χ3n) is 3.11. The second-order valence-electron chi connectivity index (χ2n) is 4.06. The summed E-state index contributed by atoms with van der Waals surface area (Å²) in [5.41, 5.74) is 2.46. The van der Waals surface area contributed by atoms with E-state index in [1.165, 1.54) is 18.4 Å². The molecule has 3 rings (SSSR count). The van der Waals surface area contributed by atoms with E-state index in [2.05, 4.69) is 18.2 Å². The standard InChI is InChI=1S/C12H10Cl2/c13-11-9-4-2-1-3-8(9)10(12(11)14)7-5-6-7/h1-4,7,10H,5-6H2. The van der Waals surface area contributed by atoms with Crippen LogP contribution in [0.2, 0.25) is 0 Å². The largest absolute Gasteiger partial charge is 0.0868 e. The average molecular weight is 225 g/mol. The minimum absolute atomic E-state index is 0.389. The summed E-state index contributed by atoms with van der Waals surface area (Å²) in [6, 6.07) is 8.28. The van der Waals surface area contributed by atoms with Gasteiger partial charge in [-0.15, -0.1) is 0 Å². The van der Waals surface area contributed by atoms with Gasteiger partial charge >= 0.3 is 0 Å². The van der Waals surface area contributed by atoms with Crippen LogP contribution < -0.4 is 0 Å². The Kier molecular flexibility index (Phi) is 1.90. The monoisotopic (exact) mass is 224 g/mol. The number of fused-ring (bicyclic) bond motifs is 1. The summed E-state index contributed by atoms with van der Waals surface area (Å²) in [6.07, 6.45) is 2.58. The van der Waals surface area contributed by atoms with Crippen molar-refractivity contribution < 1.29 is 0 Å². The first kappa shape index (κ1) is 8.82. The van der Waals surface area contributed by atoms with Gasteiger partial charge in [0.2, 0.25) is 0 Å². The van der Waals surface area contributed by atoms with E-state index >= 15 is 0 Å². The minimum atomic E-state index is 0.389. The predicted molar refractivity (Wildman–Crippen MR) is 60.5 cm³/mol. The molecule has 2 aliphatic carbocycles. The molecule has 1 unspecified atom stereocenters. The molecular weight excluding hydrogens is 215 g/mol. The van der Waals surface area contributed by atoms with Crippen LogP contribution in [0.5, 0.6) is 0 Å². The van der Waals surface area contributed by atoms with Crippen LogP contribution in [0, 0.1) is 5.92 Å². The van der Waals surface area contributed by atoms with Gasteiger partial charge in [-0.2, -0.15) is 0 Å². The van der Waals surface area contributed by atoms with Gasteiger partial charge in [0, 0.05) is 11.0 Å². The second-order valence-corrected chi connectivity index (χ2v) is 4.85. The third-order valence-corrected chi connectivity index (χ3v) is 4.04. The molecule has 72 valence electrons. The van der Waals surface area contributed by atoms with E-state index < -0.39 is 0 Å². The van der Waals surface area contributed by atoms with E-state index in [9.17, 15) is 0 Å². The van der Waals surface area contributed by atoms with Gasteiger partial charge in [-0.25, -0.2) is 0 Å². The van der Waals surface area contributed by atoms with E-state index in [-0.39, 0.29) is 0 Å². The van der Waals surface area contributed by atoms with Crippen molar-refractivity contribution in [3.63, 3.8) is 0 Å². The van der Waals surface area contributed by atoms with Crippen LogP contribution in [0.4, 0.5) is 0 Å². The van der Waals surface area contributed by atoms with Crippen molar-refractivity contribution >= 4 is 28.2 Å². The van der Waals surface area contributed by atoms with E-state index in [1.54, 1.807) is 0 Å². The molecular formula is C12H10Cl2. The van der Waals surface area contributed by atoms with Crippen LogP contribution >= 0.6 is 23.2 Å². The average Bonchev–Trinajstić information content (AvgIpc) is 2.99. The predicted octanol–water partition coefficient (Wildman–Crippen LogP) is 4.34. The molecule has 0 bridgehead atoms. The normalized spacial score (nSPS) is 25.4. The molecule has 0 amide bonds. The summed E-state index contributed by atoms with van der Waals surface area (Å²) >= 11 is 12.5. The number of hydrogen-bond acceptors (Lipinski definition) is 0. The van der Waals surface area contributed by atoms with Crippen LogP contribution in [-0.2, 0) is 0 Å². The molecule has 0 aliphatic heterocycles. The fourth-order valence-electron chi connectivity index (χ4n) is 2.26. The first-order chi connectivity index (χ1) is 6.79. The van der Waals surface area contributed by atoms with Crippen LogP contribution in [0.3, 0.4) is 0 Å². The summed E-state index contributed by atoms with van der Waals surface area (Å²) < 4.78 is 0. The Labute approximate surface area is 93.5 Å². The van der Waals surface area contributed by atoms with Gasteiger partial charge < -0.3 is 0 Å². The highest BCUT2D eigenvalue weighted by molar-refractivity contribution is 6.55. The number of benzene rings is 1. The van der Waals surface area contributed by atoms with Crippen molar-refractivity contribution in [1.82, 2.24) is 0 Å². The summed E-state index contributed by atoms with van der Waals surface area (Å²) in [4.78, 5) is 0. The van der Waals surface area contributed by atoms with Crippen LogP contribution in [0.15, 0.2) is 29.3 Å². The van der Waals surface area contributed by atoms with E-state index in [0.717, 1.165) is 21.5 Å². The lowest BCUT2D eigenvalue weighted by molar-refractivity contribution is 0.728. The third kappa shape index (κ3) is 1.14. The van der Waals surface area contributed by atoms with Gasteiger partial charge in [-0.3, -0.25) is 0 Å². The zero-order valence-electron chi connectivity index (χ0n) is 7.63. The lowest BCUT2D eigenvalue weighted by atomic mass is 9.96. The van der Waals surface area contributed by atoms with Crippen LogP contribution in [-0.4, -0.2) is 0 Å². The van der Waals surface area contributed by atoms with Crippen molar-refractivity contribution in [1.29, 1.82) is 0 Å².